The highest BCUT2D eigenvalue weighted by Crippen LogP contribution is 2.36. The predicted molar refractivity (Wildman–Crippen MR) is 77.3 cm³/mol. The number of Topliss-reactive ketones (excluding diaryl/α,β-unsaturated/α-hetero) is 1. The highest BCUT2D eigenvalue weighted by atomic mass is 16.5. The standard InChI is InChI=1S/C17H22O3/c1-20-16(19)17(13-14-9-5-4-6-10-14)12-8-3-2-7-11-15(17)18/h4-6,9-10H,2-3,7-8,11-13H2,1H3. The van der Waals surface area contributed by atoms with Gasteiger partial charge < -0.3 is 4.74 Å². The summed E-state index contributed by atoms with van der Waals surface area (Å²) in [6.45, 7) is 0. The molecule has 0 radical (unpaired) electrons. The molecule has 0 saturated heterocycles. The van der Waals surface area contributed by atoms with Gasteiger partial charge in [0.2, 0.25) is 0 Å². The summed E-state index contributed by atoms with van der Waals surface area (Å²) >= 11 is 0. The maximum Gasteiger partial charge on any atom is 0.319 e. The van der Waals surface area contributed by atoms with Crippen molar-refractivity contribution in [2.24, 2.45) is 5.41 Å². The third kappa shape index (κ3) is 3.09. The molecule has 0 N–H and O–H groups in total. The van der Waals surface area contributed by atoms with E-state index in [2.05, 4.69) is 0 Å². The van der Waals surface area contributed by atoms with Crippen LogP contribution in [0.15, 0.2) is 30.3 Å². The van der Waals surface area contributed by atoms with Crippen LogP contribution >= 0.6 is 0 Å². The smallest absolute Gasteiger partial charge is 0.319 e. The van der Waals surface area contributed by atoms with Crippen LogP contribution in [0.1, 0.15) is 44.1 Å². The third-order valence-corrected chi connectivity index (χ3v) is 4.22. The van der Waals surface area contributed by atoms with Crippen LogP contribution in [-0.2, 0) is 20.7 Å². The van der Waals surface area contributed by atoms with Gasteiger partial charge in [-0.15, -0.1) is 0 Å². The van der Waals surface area contributed by atoms with Gasteiger partial charge >= 0.3 is 5.97 Å². The highest BCUT2D eigenvalue weighted by Gasteiger charge is 2.46. The first-order valence-corrected chi connectivity index (χ1v) is 7.35. The van der Waals surface area contributed by atoms with E-state index in [9.17, 15) is 9.59 Å². The number of carbonyl (C=O) groups is 2. The Hall–Kier alpha value is -1.64. The molecule has 1 aromatic carbocycles. The molecule has 0 spiro atoms. The van der Waals surface area contributed by atoms with E-state index in [-0.39, 0.29) is 11.8 Å². The molecule has 1 aliphatic rings. The van der Waals surface area contributed by atoms with Crippen molar-refractivity contribution in [3.05, 3.63) is 35.9 Å². The number of benzene rings is 1. The SMILES string of the molecule is COC(=O)C1(Cc2ccccc2)CCCCCCC1=O. The van der Waals surface area contributed by atoms with Gasteiger partial charge in [-0.3, -0.25) is 9.59 Å². The van der Waals surface area contributed by atoms with Crippen LogP contribution in [0.25, 0.3) is 0 Å². The van der Waals surface area contributed by atoms with Crippen LogP contribution in [0.5, 0.6) is 0 Å². The summed E-state index contributed by atoms with van der Waals surface area (Å²) in [5.41, 5.74) is 0.0445. The molecular formula is C17H22O3. The first kappa shape index (κ1) is 14.8. The quantitative estimate of drug-likeness (QED) is 0.627. The average molecular weight is 274 g/mol. The second-order valence-corrected chi connectivity index (χ2v) is 5.57. The summed E-state index contributed by atoms with van der Waals surface area (Å²) in [5.74, 6) is -0.318. The van der Waals surface area contributed by atoms with Gasteiger partial charge in [-0.2, -0.15) is 0 Å². The topological polar surface area (TPSA) is 43.4 Å². The lowest BCUT2D eigenvalue weighted by Gasteiger charge is -2.31. The minimum absolute atomic E-state index is 0.0490. The minimum Gasteiger partial charge on any atom is -0.468 e. The third-order valence-electron chi connectivity index (χ3n) is 4.22. The Morgan fingerprint density at radius 3 is 2.55 bits per heavy atom. The van der Waals surface area contributed by atoms with Crippen LogP contribution in [0.3, 0.4) is 0 Å². The Bertz CT molecular complexity index is 466. The summed E-state index contributed by atoms with van der Waals surface area (Å²) in [5, 5.41) is 0. The van der Waals surface area contributed by atoms with Crippen LogP contribution in [0, 0.1) is 5.41 Å². The monoisotopic (exact) mass is 274 g/mol. The van der Waals surface area contributed by atoms with E-state index in [0.29, 0.717) is 19.3 Å². The van der Waals surface area contributed by atoms with Crippen LogP contribution in [-0.4, -0.2) is 18.9 Å². The normalized spacial score (nSPS) is 23.8. The zero-order chi connectivity index (χ0) is 14.4. The van der Waals surface area contributed by atoms with Crippen LogP contribution in [0.4, 0.5) is 0 Å². The Labute approximate surface area is 120 Å². The molecule has 108 valence electrons. The molecule has 20 heavy (non-hydrogen) atoms. The summed E-state index contributed by atoms with van der Waals surface area (Å²) in [7, 11) is 1.38. The molecular weight excluding hydrogens is 252 g/mol. The molecule has 3 heteroatoms. The van der Waals surface area contributed by atoms with Crippen LogP contribution in [0.2, 0.25) is 0 Å². The number of esters is 1. The largest absolute Gasteiger partial charge is 0.468 e. The molecule has 1 saturated carbocycles. The lowest BCUT2D eigenvalue weighted by atomic mass is 9.71. The average Bonchev–Trinajstić information content (AvgIpc) is 2.47. The molecule has 1 fully saturated rings. The molecule has 0 aromatic heterocycles. The van der Waals surface area contributed by atoms with Crippen molar-refractivity contribution >= 4 is 11.8 Å². The van der Waals surface area contributed by atoms with Crippen molar-refractivity contribution in [3.63, 3.8) is 0 Å². The Morgan fingerprint density at radius 1 is 1.15 bits per heavy atom. The van der Waals surface area contributed by atoms with E-state index in [1.807, 2.05) is 30.3 Å². The molecule has 1 unspecified atom stereocenters. The van der Waals surface area contributed by atoms with Crippen molar-refractivity contribution in [1.29, 1.82) is 0 Å². The van der Waals surface area contributed by atoms with E-state index >= 15 is 0 Å². The van der Waals surface area contributed by atoms with Gasteiger partial charge in [-0.25, -0.2) is 0 Å². The van der Waals surface area contributed by atoms with Gasteiger partial charge in [0, 0.05) is 6.42 Å². The molecule has 3 nitrogen and oxygen atoms in total. The van der Waals surface area contributed by atoms with Crippen molar-refractivity contribution in [1.82, 2.24) is 0 Å². The van der Waals surface area contributed by atoms with E-state index < -0.39 is 5.41 Å². The van der Waals surface area contributed by atoms with E-state index in [0.717, 1.165) is 31.2 Å². The van der Waals surface area contributed by atoms with Gasteiger partial charge in [-0.05, 0) is 24.8 Å². The van der Waals surface area contributed by atoms with Crippen molar-refractivity contribution in [3.8, 4) is 0 Å². The summed E-state index contributed by atoms with van der Waals surface area (Å²) < 4.78 is 4.97. The lowest BCUT2D eigenvalue weighted by molar-refractivity contribution is -0.159. The van der Waals surface area contributed by atoms with Crippen molar-refractivity contribution in [2.45, 2.75) is 44.9 Å². The predicted octanol–water partition coefficient (Wildman–Crippen LogP) is 3.31. The molecule has 1 aliphatic carbocycles. The number of carbonyl (C=O) groups excluding carboxylic acids is 2. The van der Waals surface area contributed by atoms with E-state index in [1.165, 1.54) is 7.11 Å². The summed E-state index contributed by atoms with van der Waals surface area (Å²) in [6.07, 6.45) is 5.50. The second kappa shape index (κ2) is 6.69. The van der Waals surface area contributed by atoms with Crippen molar-refractivity contribution < 1.29 is 14.3 Å². The summed E-state index contributed by atoms with van der Waals surface area (Å²) in [6, 6.07) is 9.75. The number of ether oxygens (including phenoxy) is 1. The van der Waals surface area contributed by atoms with E-state index in [1.54, 1.807) is 0 Å². The lowest BCUT2D eigenvalue weighted by Crippen LogP contribution is -2.43. The van der Waals surface area contributed by atoms with Gasteiger partial charge in [0.25, 0.3) is 0 Å². The van der Waals surface area contributed by atoms with Gasteiger partial charge in [-0.1, -0.05) is 49.6 Å². The highest BCUT2D eigenvalue weighted by molar-refractivity contribution is 6.04. The fraction of sp³-hybridized carbons (Fsp3) is 0.529. The number of hydrogen-bond acceptors (Lipinski definition) is 3. The molecule has 1 aromatic rings. The molecule has 0 aliphatic heterocycles. The van der Waals surface area contributed by atoms with Crippen LogP contribution < -0.4 is 0 Å². The van der Waals surface area contributed by atoms with Gasteiger partial charge in [0.15, 0.2) is 5.78 Å². The van der Waals surface area contributed by atoms with Crippen molar-refractivity contribution in [2.75, 3.05) is 7.11 Å². The zero-order valence-corrected chi connectivity index (χ0v) is 12.1. The maximum absolute atomic E-state index is 12.6. The second-order valence-electron chi connectivity index (χ2n) is 5.57. The minimum atomic E-state index is -0.976. The Morgan fingerprint density at radius 2 is 1.85 bits per heavy atom. The zero-order valence-electron chi connectivity index (χ0n) is 12.1. The fourth-order valence-electron chi connectivity index (χ4n) is 3.06. The first-order valence-electron chi connectivity index (χ1n) is 7.35. The number of ketones is 1. The molecule has 1 atom stereocenters. The number of rotatable bonds is 3. The van der Waals surface area contributed by atoms with Gasteiger partial charge in [0.1, 0.15) is 5.41 Å². The molecule has 0 heterocycles. The Balaban J connectivity index is 2.32. The number of methoxy groups -OCH3 is 1. The summed E-state index contributed by atoms with van der Waals surface area (Å²) in [4.78, 5) is 24.9. The molecule has 0 amide bonds. The number of hydrogen-bond donors (Lipinski definition) is 0. The van der Waals surface area contributed by atoms with Gasteiger partial charge in [0.05, 0.1) is 7.11 Å². The molecule has 2 rings (SSSR count). The maximum atomic E-state index is 12.6. The van der Waals surface area contributed by atoms with E-state index in [4.69, 9.17) is 4.74 Å². The fourth-order valence-corrected chi connectivity index (χ4v) is 3.06. The molecule has 0 bridgehead atoms. The first-order chi connectivity index (χ1) is 9.69. The Kier molecular flexibility index (Phi) is 4.94.